The maximum Gasteiger partial charge on any atom is 0.363 e. The molecule has 3 aromatic rings. The molecule has 162 valence electrons. The minimum atomic E-state index is -0.489. The van der Waals surface area contributed by atoms with E-state index in [-0.39, 0.29) is 5.70 Å². The van der Waals surface area contributed by atoms with Crippen molar-refractivity contribution in [1.29, 1.82) is 0 Å². The number of nitrogens with zero attached hydrogens (tertiary/aromatic N) is 1. The number of ether oxygens (including phenoxy) is 3. The van der Waals surface area contributed by atoms with Crippen molar-refractivity contribution in [3.05, 3.63) is 96.7 Å². The van der Waals surface area contributed by atoms with E-state index >= 15 is 0 Å². The van der Waals surface area contributed by atoms with Gasteiger partial charge in [0, 0.05) is 9.13 Å². The number of rotatable bonds is 6. The summed E-state index contributed by atoms with van der Waals surface area (Å²) in [5.41, 5.74) is 3.79. The van der Waals surface area contributed by atoms with Crippen LogP contribution in [0.1, 0.15) is 22.3 Å². The number of aryl methyl sites for hydroxylation is 1. The highest BCUT2D eigenvalue weighted by molar-refractivity contribution is 14.1. The molecule has 4 rings (SSSR count). The van der Waals surface area contributed by atoms with Gasteiger partial charge in [0.25, 0.3) is 0 Å². The minimum absolute atomic E-state index is 0.227. The van der Waals surface area contributed by atoms with Crippen molar-refractivity contribution in [2.75, 3.05) is 7.11 Å². The molecule has 0 spiro atoms. The third-order valence-corrected chi connectivity index (χ3v) is 6.16. The van der Waals surface area contributed by atoms with Crippen LogP contribution in [0.5, 0.6) is 11.5 Å². The zero-order valence-electron chi connectivity index (χ0n) is 17.4. The summed E-state index contributed by atoms with van der Waals surface area (Å²) in [5.74, 6) is 0.956. The molecule has 0 amide bonds. The number of methoxy groups -OCH3 is 1. The van der Waals surface area contributed by atoms with E-state index in [0.717, 1.165) is 22.3 Å². The molecule has 5 nitrogen and oxygen atoms in total. The highest BCUT2D eigenvalue weighted by Gasteiger charge is 2.25. The molecular formula is C25H19BrINO4. The van der Waals surface area contributed by atoms with Crippen LogP contribution in [0.2, 0.25) is 0 Å². The molecular weight excluding hydrogens is 585 g/mol. The Balaban J connectivity index is 1.59. The topological polar surface area (TPSA) is 57.1 Å². The van der Waals surface area contributed by atoms with Crippen molar-refractivity contribution >= 4 is 56.5 Å². The van der Waals surface area contributed by atoms with E-state index < -0.39 is 5.97 Å². The van der Waals surface area contributed by atoms with Crippen molar-refractivity contribution in [1.82, 2.24) is 0 Å². The Labute approximate surface area is 208 Å². The molecule has 32 heavy (non-hydrogen) atoms. The molecule has 0 unspecified atom stereocenters. The standard InChI is InChI=1S/C25H19BrINO4/c1-15-5-3-4-6-19(15)24-28-21(25(29)32-24)12-17-11-20(26)23(22(13-17)30-2)31-14-16-7-9-18(27)10-8-16/h3-13H,14H2,1-2H3/b21-12-. The van der Waals surface area contributed by atoms with Gasteiger partial charge in [0.15, 0.2) is 17.2 Å². The summed E-state index contributed by atoms with van der Waals surface area (Å²) in [4.78, 5) is 16.8. The second-order valence-electron chi connectivity index (χ2n) is 7.10. The van der Waals surface area contributed by atoms with Crippen molar-refractivity contribution in [3.8, 4) is 11.5 Å². The number of hydrogen-bond acceptors (Lipinski definition) is 5. The zero-order valence-corrected chi connectivity index (χ0v) is 21.1. The SMILES string of the molecule is COc1cc(/C=C2\N=C(c3ccccc3C)OC2=O)cc(Br)c1OCc1ccc(I)cc1. The quantitative estimate of drug-likeness (QED) is 0.189. The smallest absolute Gasteiger partial charge is 0.363 e. The van der Waals surface area contributed by atoms with Crippen LogP contribution in [-0.4, -0.2) is 19.0 Å². The molecule has 0 atom stereocenters. The Kier molecular flexibility index (Phi) is 6.95. The number of esters is 1. The maximum absolute atomic E-state index is 12.4. The molecule has 0 aromatic heterocycles. The van der Waals surface area contributed by atoms with E-state index in [1.807, 2.05) is 61.5 Å². The normalized spacial score (nSPS) is 14.3. The Bertz CT molecular complexity index is 1240. The van der Waals surface area contributed by atoms with E-state index in [9.17, 15) is 4.79 Å². The lowest BCUT2D eigenvalue weighted by Gasteiger charge is -2.14. The Hall–Kier alpha value is -2.65. The highest BCUT2D eigenvalue weighted by atomic mass is 127. The lowest BCUT2D eigenvalue weighted by molar-refractivity contribution is -0.129. The lowest BCUT2D eigenvalue weighted by Crippen LogP contribution is -2.06. The Morgan fingerprint density at radius 2 is 1.88 bits per heavy atom. The second kappa shape index (κ2) is 9.87. The summed E-state index contributed by atoms with van der Waals surface area (Å²) in [6, 6.07) is 19.4. The van der Waals surface area contributed by atoms with Crippen molar-refractivity contribution in [2.24, 2.45) is 4.99 Å². The van der Waals surface area contributed by atoms with Crippen LogP contribution in [-0.2, 0) is 16.1 Å². The van der Waals surface area contributed by atoms with Gasteiger partial charge in [-0.05, 0) is 98.5 Å². The van der Waals surface area contributed by atoms with Gasteiger partial charge in [-0.15, -0.1) is 0 Å². The summed E-state index contributed by atoms with van der Waals surface area (Å²) in [5, 5.41) is 0. The maximum atomic E-state index is 12.4. The van der Waals surface area contributed by atoms with E-state index in [1.165, 1.54) is 3.57 Å². The van der Waals surface area contributed by atoms with Gasteiger partial charge in [-0.3, -0.25) is 0 Å². The third-order valence-electron chi connectivity index (χ3n) is 4.85. The van der Waals surface area contributed by atoms with Gasteiger partial charge >= 0.3 is 5.97 Å². The van der Waals surface area contributed by atoms with E-state index in [0.29, 0.717) is 28.5 Å². The zero-order chi connectivity index (χ0) is 22.7. The van der Waals surface area contributed by atoms with Crippen LogP contribution in [0, 0.1) is 10.5 Å². The molecule has 0 saturated carbocycles. The largest absolute Gasteiger partial charge is 0.493 e. The first-order valence-corrected chi connectivity index (χ1v) is 11.6. The van der Waals surface area contributed by atoms with Gasteiger partial charge in [-0.25, -0.2) is 9.79 Å². The molecule has 3 aromatic carbocycles. The molecule has 7 heteroatoms. The minimum Gasteiger partial charge on any atom is -0.493 e. The molecule has 0 fully saturated rings. The van der Waals surface area contributed by atoms with Gasteiger partial charge in [-0.2, -0.15) is 0 Å². The summed E-state index contributed by atoms with van der Waals surface area (Å²) >= 11 is 5.83. The van der Waals surface area contributed by atoms with Crippen LogP contribution in [0.4, 0.5) is 0 Å². The molecule has 0 bridgehead atoms. The molecule has 0 saturated heterocycles. The molecule has 1 aliphatic heterocycles. The second-order valence-corrected chi connectivity index (χ2v) is 9.20. The molecule has 0 radical (unpaired) electrons. The number of carbonyl (C=O) groups is 1. The average molecular weight is 604 g/mol. The summed E-state index contributed by atoms with van der Waals surface area (Å²) in [6.07, 6.45) is 1.67. The third kappa shape index (κ3) is 5.05. The number of hydrogen-bond donors (Lipinski definition) is 0. The molecule has 0 aliphatic carbocycles. The van der Waals surface area contributed by atoms with Crippen molar-refractivity contribution in [2.45, 2.75) is 13.5 Å². The Morgan fingerprint density at radius 1 is 1.12 bits per heavy atom. The van der Waals surface area contributed by atoms with E-state index in [2.05, 4.69) is 43.5 Å². The molecule has 1 heterocycles. The predicted octanol–water partition coefficient (Wildman–Crippen LogP) is 6.29. The number of carbonyl (C=O) groups excluding carboxylic acids is 1. The molecule has 1 aliphatic rings. The number of cyclic esters (lactones) is 1. The fraction of sp³-hybridized carbons (Fsp3) is 0.120. The van der Waals surface area contributed by atoms with Crippen LogP contribution in [0.3, 0.4) is 0 Å². The molecule has 0 N–H and O–H groups in total. The number of benzene rings is 3. The summed E-state index contributed by atoms with van der Waals surface area (Å²) in [6.45, 7) is 2.35. The van der Waals surface area contributed by atoms with Crippen LogP contribution < -0.4 is 9.47 Å². The lowest BCUT2D eigenvalue weighted by atomic mass is 10.1. The van der Waals surface area contributed by atoms with Crippen molar-refractivity contribution < 1.29 is 19.0 Å². The highest BCUT2D eigenvalue weighted by Crippen LogP contribution is 2.38. The summed E-state index contributed by atoms with van der Waals surface area (Å²) < 4.78 is 18.8. The predicted molar refractivity (Wildman–Crippen MR) is 136 cm³/mol. The van der Waals surface area contributed by atoms with Gasteiger partial charge in [0.05, 0.1) is 11.6 Å². The Morgan fingerprint density at radius 3 is 2.59 bits per heavy atom. The fourth-order valence-corrected chi connectivity index (χ4v) is 4.13. The number of halogens is 2. The van der Waals surface area contributed by atoms with Crippen LogP contribution >= 0.6 is 38.5 Å². The van der Waals surface area contributed by atoms with Crippen LogP contribution in [0.15, 0.2) is 75.8 Å². The summed E-state index contributed by atoms with van der Waals surface area (Å²) in [7, 11) is 1.58. The monoisotopic (exact) mass is 603 g/mol. The van der Waals surface area contributed by atoms with E-state index in [4.69, 9.17) is 14.2 Å². The van der Waals surface area contributed by atoms with Gasteiger partial charge in [0.1, 0.15) is 6.61 Å². The first kappa shape index (κ1) is 22.5. The van der Waals surface area contributed by atoms with Crippen molar-refractivity contribution in [3.63, 3.8) is 0 Å². The van der Waals surface area contributed by atoms with Crippen LogP contribution in [0.25, 0.3) is 6.08 Å². The van der Waals surface area contributed by atoms with Gasteiger partial charge in [0.2, 0.25) is 5.90 Å². The number of aliphatic imine (C=N–C) groups is 1. The first-order valence-electron chi connectivity index (χ1n) is 9.78. The van der Waals surface area contributed by atoms with Gasteiger partial charge in [-0.1, -0.05) is 30.3 Å². The van der Waals surface area contributed by atoms with Gasteiger partial charge < -0.3 is 14.2 Å². The van der Waals surface area contributed by atoms with E-state index in [1.54, 1.807) is 19.3 Å². The fourth-order valence-electron chi connectivity index (χ4n) is 3.19. The first-order chi connectivity index (χ1) is 15.4. The average Bonchev–Trinajstić information content (AvgIpc) is 3.14.